The minimum Gasteiger partial charge on any atom is -0.493 e. The van der Waals surface area contributed by atoms with Gasteiger partial charge in [-0.25, -0.2) is 9.78 Å². The van der Waals surface area contributed by atoms with Gasteiger partial charge in [-0.05, 0) is 41.3 Å². The molecule has 180 valence electrons. The van der Waals surface area contributed by atoms with E-state index in [4.69, 9.17) is 19.2 Å². The van der Waals surface area contributed by atoms with Crippen molar-refractivity contribution >= 4 is 23.8 Å². The number of methoxy groups -OCH3 is 2. The Morgan fingerprint density at radius 2 is 1.82 bits per heavy atom. The van der Waals surface area contributed by atoms with Gasteiger partial charge in [0, 0.05) is 44.4 Å². The fraction of sp³-hybridized carbons (Fsp3) is 0.423. The third-order valence-electron chi connectivity index (χ3n) is 6.22. The molecular weight excluding hydrogens is 434 g/mol. The average molecular weight is 466 g/mol. The molecule has 0 bridgehead atoms. The number of fused-ring (bicyclic) bond motifs is 1. The topological polar surface area (TPSA) is 81.2 Å². The summed E-state index contributed by atoms with van der Waals surface area (Å²) in [4.78, 5) is 34.1. The monoisotopic (exact) mass is 465 g/mol. The van der Waals surface area contributed by atoms with Crippen molar-refractivity contribution in [2.75, 3.05) is 51.9 Å². The van der Waals surface area contributed by atoms with Crippen LogP contribution in [0.2, 0.25) is 0 Å². The standard InChI is InChI=1S/C26H31N3O5/c1-17(2)20-16-19-9-14-34-26(31)24(19)25(27-20)29-12-10-28(11-13-29)23(30)8-6-18-5-7-21(32-3)22(15-18)33-4/h5-8,15-17H,9-14H2,1-4H3. The molecule has 4 rings (SSSR count). The van der Waals surface area contributed by atoms with Crippen molar-refractivity contribution in [3.05, 3.63) is 52.7 Å². The number of carbonyl (C=O) groups is 2. The lowest BCUT2D eigenvalue weighted by Gasteiger charge is -2.36. The molecular formula is C26H31N3O5. The molecule has 2 aliphatic rings. The van der Waals surface area contributed by atoms with E-state index in [1.807, 2.05) is 29.2 Å². The SMILES string of the molecule is COc1ccc(C=CC(=O)N2CCN(c3nc(C(C)C)cc4c3C(=O)OCC4)CC2)cc1OC. The van der Waals surface area contributed by atoms with Crippen molar-refractivity contribution in [1.82, 2.24) is 9.88 Å². The normalized spacial score (nSPS) is 16.0. The summed E-state index contributed by atoms with van der Waals surface area (Å²) in [6.07, 6.45) is 4.06. The molecule has 8 nitrogen and oxygen atoms in total. The smallest absolute Gasteiger partial charge is 0.342 e. The van der Waals surface area contributed by atoms with E-state index in [0.29, 0.717) is 62.1 Å². The molecule has 1 aromatic heterocycles. The summed E-state index contributed by atoms with van der Waals surface area (Å²) in [5, 5.41) is 0. The van der Waals surface area contributed by atoms with Gasteiger partial charge >= 0.3 is 5.97 Å². The minimum absolute atomic E-state index is 0.0558. The molecule has 0 spiro atoms. The van der Waals surface area contributed by atoms with E-state index in [9.17, 15) is 9.59 Å². The molecule has 0 unspecified atom stereocenters. The highest BCUT2D eigenvalue weighted by atomic mass is 16.5. The summed E-state index contributed by atoms with van der Waals surface area (Å²) < 4.78 is 15.9. The van der Waals surface area contributed by atoms with E-state index in [2.05, 4.69) is 18.7 Å². The van der Waals surface area contributed by atoms with Crippen LogP contribution in [-0.4, -0.2) is 68.8 Å². The van der Waals surface area contributed by atoms with E-state index in [1.54, 1.807) is 26.4 Å². The number of cyclic esters (lactones) is 1. The Morgan fingerprint density at radius 3 is 2.50 bits per heavy atom. The molecule has 1 aromatic carbocycles. The second-order valence-electron chi connectivity index (χ2n) is 8.71. The Hall–Kier alpha value is -3.55. The summed E-state index contributed by atoms with van der Waals surface area (Å²) in [7, 11) is 3.17. The highest BCUT2D eigenvalue weighted by Crippen LogP contribution is 2.31. The number of benzene rings is 1. The Labute approximate surface area is 200 Å². The van der Waals surface area contributed by atoms with E-state index in [1.165, 1.54) is 0 Å². The highest BCUT2D eigenvalue weighted by molar-refractivity contribution is 5.97. The summed E-state index contributed by atoms with van der Waals surface area (Å²) in [5.74, 6) is 1.83. The van der Waals surface area contributed by atoms with Crippen LogP contribution in [0.5, 0.6) is 11.5 Å². The number of hydrogen-bond acceptors (Lipinski definition) is 7. The maximum Gasteiger partial charge on any atom is 0.342 e. The Morgan fingerprint density at radius 1 is 1.09 bits per heavy atom. The summed E-state index contributed by atoms with van der Waals surface area (Å²) in [6, 6.07) is 7.54. The maximum atomic E-state index is 12.8. The van der Waals surface area contributed by atoms with Crippen molar-refractivity contribution in [2.24, 2.45) is 0 Å². The van der Waals surface area contributed by atoms with Crippen LogP contribution < -0.4 is 14.4 Å². The molecule has 3 heterocycles. The van der Waals surface area contributed by atoms with Crippen LogP contribution >= 0.6 is 0 Å². The van der Waals surface area contributed by atoms with Crippen molar-refractivity contribution in [2.45, 2.75) is 26.2 Å². The second kappa shape index (κ2) is 10.2. The van der Waals surface area contributed by atoms with E-state index in [0.717, 1.165) is 16.8 Å². The Balaban J connectivity index is 1.45. The lowest BCUT2D eigenvalue weighted by atomic mass is 9.98. The van der Waals surface area contributed by atoms with Gasteiger partial charge < -0.3 is 24.0 Å². The molecule has 1 saturated heterocycles. The zero-order chi connectivity index (χ0) is 24.2. The van der Waals surface area contributed by atoms with E-state index in [-0.39, 0.29) is 17.8 Å². The molecule has 2 aliphatic heterocycles. The first-order valence-electron chi connectivity index (χ1n) is 11.6. The molecule has 1 fully saturated rings. The number of anilines is 1. The summed E-state index contributed by atoms with van der Waals surface area (Å²) in [6.45, 7) is 6.90. The van der Waals surface area contributed by atoms with Gasteiger partial charge in [0.05, 0.1) is 20.8 Å². The predicted octanol–water partition coefficient (Wildman–Crippen LogP) is 3.30. The van der Waals surface area contributed by atoms with Gasteiger partial charge in [-0.15, -0.1) is 0 Å². The number of pyridine rings is 1. The van der Waals surface area contributed by atoms with Crippen LogP contribution in [-0.2, 0) is 16.0 Å². The first kappa shape index (κ1) is 23.6. The van der Waals surface area contributed by atoms with Gasteiger partial charge in [-0.2, -0.15) is 0 Å². The number of ether oxygens (including phenoxy) is 3. The van der Waals surface area contributed by atoms with Gasteiger partial charge in [-0.1, -0.05) is 19.9 Å². The van der Waals surface area contributed by atoms with Crippen molar-refractivity contribution in [3.63, 3.8) is 0 Å². The number of rotatable bonds is 6. The molecule has 0 radical (unpaired) electrons. The van der Waals surface area contributed by atoms with Crippen molar-refractivity contribution < 1.29 is 23.8 Å². The van der Waals surface area contributed by atoms with Gasteiger partial charge in [0.1, 0.15) is 11.4 Å². The molecule has 0 N–H and O–H groups in total. The van der Waals surface area contributed by atoms with Crippen LogP contribution in [0.1, 0.15) is 46.9 Å². The number of nitrogens with zero attached hydrogens (tertiary/aromatic N) is 3. The number of hydrogen-bond donors (Lipinski definition) is 0. The lowest BCUT2D eigenvalue weighted by Crippen LogP contribution is -2.49. The highest BCUT2D eigenvalue weighted by Gasteiger charge is 2.30. The van der Waals surface area contributed by atoms with Crippen molar-refractivity contribution in [3.8, 4) is 11.5 Å². The molecule has 0 aliphatic carbocycles. The number of aromatic nitrogens is 1. The van der Waals surface area contributed by atoms with Gasteiger partial charge in [-0.3, -0.25) is 4.79 Å². The quantitative estimate of drug-likeness (QED) is 0.478. The molecule has 0 saturated carbocycles. The van der Waals surface area contributed by atoms with Gasteiger partial charge in [0.15, 0.2) is 11.5 Å². The first-order valence-corrected chi connectivity index (χ1v) is 11.6. The van der Waals surface area contributed by atoms with Crippen LogP contribution in [0.4, 0.5) is 5.82 Å². The fourth-order valence-electron chi connectivity index (χ4n) is 4.24. The van der Waals surface area contributed by atoms with Crippen LogP contribution in [0.3, 0.4) is 0 Å². The average Bonchev–Trinajstić information content (AvgIpc) is 2.86. The molecule has 8 heteroatoms. The van der Waals surface area contributed by atoms with Crippen LogP contribution in [0, 0.1) is 0 Å². The fourth-order valence-corrected chi connectivity index (χ4v) is 4.24. The molecule has 2 aromatic rings. The van der Waals surface area contributed by atoms with Crippen LogP contribution in [0.25, 0.3) is 6.08 Å². The summed E-state index contributed by atoms with van der Waals surface area (Å²) >= 11 is 0. The second-order valence-corrected chi connectivity index (χ2v) is 8.71. The van der Waals surface area contributed by atoms with E-state index >= 15 is 0 Å². The zero-order valence-electron chi connectivity index (χ0n) is 20.2. The van der Waals surface area contributed by atoms with Crippen molar-refractivity contribution in [1.29, 1.82) is 0 Å². The third kappa shape index (κ3) is 4.85. The third-order valence-corrected chi connectivity index (χ3v) is 6.22. The Kier molecular flexibility index (Phi) is 7.05. The lowest BCUT2D eigenvalue weighted by molar-refractivity contribution is -0.126. The largest absolute Gasteiger partial charge is 0.493 e. The maximum absolute atomic E-state index is 12.8. The number of amides is 1. The number of esters is 1. The molecule has 0 atom stereocenters. The Bertz CT molecular complexity index is 1100. The van der Waals surface area contributed by atoms with Crippen LogP contribution in [0.15, 0.2) is 30.3 Å². The summed E-state index contributed by atoms with van der Waals surface area (Å²) in [5.41, 5.74) is 3.40. The van der Waals surface area contributed by atoms with E-state index < -0.39 is 0 Å². The van der Waals surface area contributed by atoms with Gasteiger partial charge in [0.2, 0.25) is 5.91 Å². The predicted molar refractivity (Wildman–Crippen MR) is 130 cm³/mol. The van der Waals surface area contributed by atoms with Gasteiger partial charge in [0.25, 0.3) is 0 Å². The number of piperazine rings is 1. The number of carbonyl (C=O) groups excluding carboxylic acids is 2. The molecule has 1 amide bonds. The zero-order valence-corrected chi connectivity index (χ0v) is 20.2. The minimum atomic E-state index is -0.310. The first-order chi connectivity index (χ1) is 16.4. The molecule has 34 heavy (non-hydrogen) atoms.